The molecule has 2 aromatic rings. The van der Waals surface area contributed by atoms with Gasteiger partial charge >= 0.3 is 0 Å². The summed E-state index contributed by atoms with van der Waals surface area (Å²) in [5, 5.41) is 0. The maximum Gasteiger partial charge on any atom is 0.0886 e. The van der Waals surface area contributed by atoms with Gasteiger partial charge in [0, 0.05) is 12.4 Å². The third-order valence-electron chi connectivity index (χ3n) is 1.37. The van der Waals surface area contributed by atoms with E-state index in [4.69, 9.17) is 0 Å². The van der Waals surface area contributed by atoms with Gasteiger partial charge in [-0.25, -0.2) is 0 Å². The first-order valence-corrected chi connectivity index (χ1v) is 3.12. The summed E-state index contributed by atoms with van der Waals surface area (Å²) in [5.74, 6) is 0. The minimum atomic E-state index is 0. The van der Waals surface area contributed by atoms with Crippen LogP contribution in [0.2, 0.25) is 0 Å². The van der Waals surface area contributed by atoms with E-state index in [1.165, 1.54) is 0 Å². The fourth-order valence-electron chi connectivity index (χ4n) is 0.904. The van der Waals surface area contributed by atoms with Crippen LogP contribution in [-0.2, 0) is 0 Å². The van der Waals surface area contributed by atoms with Gasteiger partial charge in [-0.2, -0.15) is 0 Å². The molecule has 72 valence electrons. The number of nitrogens with zero attached hydrogens (tertiary/aromatic N) is 2. The highest BCUT2D eigenvalue weighted by atomic mass is 16.0. The molecular formula is C8H12N2O3. The number of aromatic nitrogens is 2. The fraction of sp³-hybridized carbons (Fsp3) is 0. The summed E-state index contributed by atoms with van der Waals surface area (Å²) in [6.45, 7) is 0. The Bertz CT molecular complexity index is 288. The number of fused-ring (bicyclic) bond motifs is 1. The quantitative estimate of drug-likeness (QED) is 0.530. The Balaban J connectivity index is 0. The average Bonchev–Trinajstić information content (AvgIpc) is 2.05. The highest BCUT2D eigenvalue weighted by Crippen LogP contribution is 2.04. The summed E-state index contributed by atoms with van der Waals surface area (Å²) in [6, 6.07) is 7.66. The van der Waals surface area contributed by atoms with Crippen LogP contribution < -0.4 is 0 Å². The van der Waals surface area contributed by atoms with E-state index < -0.39 is 0 Å². The molecule has 0 radical (unpaired) electrons. The standard InChI is InChI=1S/C8H6N2.3H2O/c1-3-7-8(9-5-1)4-2-6-10-7;;;/h1-6H;3*1H2. The highest BCUT2D eigenvalue weighted by molar-refractivity contribution is 5.72. The predicted molar refractivity (Wildman–Crippen MR) is 50.4 cm³/mol. The first-order valence-electron chi connectivity index (χ1n) is 3.12. The summed E-state index contributed by atoms with van der Waals surface area (Å²) >= 11 is 0. The SMILES string of the molecule is O.O.O.c1cnc2cccnc2c1. The van der Waals surface area contributed by atoms with Gasteiger partial charge in [0.25, 0.3) is 0 Å². The van der Waals surface area contributed by atoms with Gasteiger partial charge < -0.3 is 16.4 Å². The Hall–Kier alpha value is -1.56. The topological polar surface area (TPSA) is 120 Å². The van der Waals surface area contributed by atoms with Crippen molar-refractivity contribution in [3.05, 3.63) is 36.7 Å². The zero-order valence-electron chi connectivity index (χ0n) is 6.86. The summed E-state index contributed by atoms with van der Waals surface area (Å²) in [7, 11) is 0. The van der Waals surface area contributed by atoms with Crippen molar-refractivity contribution in [1.29, 1.82) is 0 Å². The van der Waals surface area contributed by atoms with Gasteiger partial charge in [0.2, 0.25) is 0 Å². The largest absolute Gasteiger partial charge is 0.412 e. The molecule has 0 fully saturated rings. The average molecular weight is 184 g/mol. The third kappa shape index (κ3) is 2.75. The number of hydrogen-bond donors (Lipinski definition) is 0. The summed E-state index contributed by atoms with van der Waals surface area (Å²) in [4.78, 5) is 8.24. The molecular weight excluding hydrogens is 172 g/mol. The molecule has 0 amide bonds. The van der Waals surface area contributed by atoms with Gasteiger partial charge in [-0.15, -0.1) is 0 Å². The van der Waals surface area contributed by atoms with E-state index in [0.717, 1.165) is 11.0 Å². The minimum Gasteiger partial charge on any atom is -0.412 e. The van der Waals surface area contributed by atoms with Crippen LogP contribution >= 0.6 is 0 Å². The van der Waals surface area contributed by atoms with Crippen LogP contribution in [0.1, 0.15) is 0 Å². The van der Waals surface area contributed by atoms with Crippen molar-refractivity contribution in [2.75, 3.05) is 0 Å². The van der Waals surface area contributed by atoms with Crippen molar-refractivity contribution in [2.24, 2.45) is 0 Å². The van der Waals surface area contributed by atoms with Gasteiger partial charge in [-0.3, -0.25) is 9.97 Å². The normalized spacial score (nSPS) is 7.69. The van der Waals surface area contributed by atoms with Crippen molar-refractivity contribution in [2.45, 2.75) is 0 Å². The van der Waals surface area contributed by atoms with Crippen molar-refractivity contribution >= 4 is 11.0 Å². The molecule has 2 aromatic heterocycles. The number of rotatable bonds is 0. The summed E-state index contributed by atoms with van der Waals surface area (Å²) in [6.07, 6.45) is 3.54. The molecule has 5 heteroatoms. The molecule has 0 aliphatic carbocycles. The molecule has 0 aliphatic rings. The maximum absolute atomic E-state index is 4.12. The van der Waals surface area contributed by atoms with Gasteiger partial charge in [-0.05, 0) is 24.3 Å². The van der Waals surface area contributed by atoms with Gasteiger partial charge in [-0.1, -0.05) is 0 Å². The van der Waals surface area contributed by atoms with Gasteiger partial charge in [0.15, 0.2) is 0 Å². The molecule has 0 atom stereocenters. The molecule has 0 saturated carbocycles. The lowest BCUT2D eigenvalue weighted by Crippen LogP contribution is -1.78. The van der Waals surface area contributed by atoms with Crippen LogP contribution in [0.15, 0.2) is 36.7 Å². The lowest BCUT2D eigenvalue weighted by Gasteiger charge is -1.90. The summed E-state index contributed by atoms with van der Waals surface area (Å²) in [5.41, 5.74) is 1.90. The molecule has 0 aromatic carbocycles. The van der Waals surface area contributed by atoms with E-state index in [2.05, 4.69) is 9.97 Å². The maximum atomic E-state index is 4.12. The molecule has 2 rings (SSSR count). The minimum absolute atomic E-state index is 0. The molecule has 0 bridgehead atoms. The molecule has 6 N–H and O–H groups in total. The summed E-state index contributed by atoms with van der Waals surface area (Å²) < 4.78 is 0. The third-order valence-corrected chi connectivity index (χ3v) is 1.37. The second kappa shape index (κ2) is 6.01. The van der Waals surface area contributed by atoms with Crippen molar-refractivity contribution in [1.82, 2.24) is 9.97 Å². The van der Waals surface area contributed by atoms with Crippen LogP contribution in [0.3, 0.4) is 0 Å². The van der Waals surface area contributed by atoms with Crippen molar-refractivity contribution in [3.63, 3.8) is 0 Å². The van der Waals surface area contributed by atoms with E-state index in [9.17, 15) is 0 Å². The van der Waals surface area contributed by atoms with E-state index in [1.54, 1.807) is 12.4 Å². The second-order valence-electron chi connectivity index (χ2n) is 2.05. The Morgan fingerprint density at radius 2 is 1.08 bits per heavy atom. The number of hydrogen-bond acceptors (Lipinski definition) is 2. The first-order chi connectivity index (χ1) is 4.97. The van der Waals surface area contributed by atoms with E-state index in [1.807, 2.05) is 24.3 Å². The molecule has 0 aliphatic heterocycles. The van der Waals surface area contributed by atoms with Crippen LogP contribution in [0.5, 0.6) is 0 Å². The van der Waals surface area contributed by atoms with Crippen molar-refractivity contribution < 1.29 is 16.4 Å². The molecule has 2 heterocycles. The zero-order chi connectivity index (χ0) is 6.81. The Labute approximate surface area is 75.0 Å². The highest BCUT2D eigenvalue weighted by Gasteiger charge is 1.88. The zero-order valence-corrected chi connectivity index (χ0v) is 6.86. The van der Waals surface area contributed by atoms with Gasteiger partial charge in [0.1, 0.15) is 0 Å². The number of pyridine rings is 2. The van der Waals surface area contributed by atoms with Crippen LogP contribution in [0.25, 0.3) is 11.0 Å². The lowest BCUT2D eigenvalue weighted by molar-refractivity contribution is 0.823. The predicted octanol–water partition coefficient (Wildman–Crippen LogP) is -0.844. The van der Waals surface area contributed by atoms with Gasteiger partial charge in [0.05, 0.1) is 11.0 Å². The molecule has 5 nitrogen and oxygen atoms in total. The van der Waals surface area contributed by atoms with E-state index >= 15 is 0 Å². The van der Waals surface area contributed by atoms with Crippen LogP contribution in [0, 0.1) is 0 Å². The Morgan fingerprint density at radius 1 is 0.692 bits per heavy atom. The fourth-order valence-corrected chi connectivity index (χ4v) is 0.904. The molecule has 0 saturated heterocycles. The van der Waals surface area contributed by atoms with E-state index in [-0.39, 0.29) is 16.4 Å². The van der Waals surface area contributed by atoms with E-state index in [0.29, 0.717) is 0 Å². The molecule has 0 unspecified atom stereocenters. The lowest BCUT2D eigenvalue weighted by atomic mass is 10.3. The Kier molecular flexibility index (Phi) is 6.47. The van der Waals surface area contributed by atoms with Crippen LogP contribution in [0.4, 0.5) is 0 Å². The monoisotopic (exact) mass is 184 g/mol. The van der Waals surface area contributed by atoms with Crippen LogP contribution in [-0.4, -0.2) is 26.4 Å². The Morgan fingerprint density at radius 3 is 1.46 bits per heavy atom. The smallest absolute Gasteiger partial charge is 0.0886 e. The second-order valence-corrected chi connectivity index (χ2v) is 2.05. The first kappa shape index (κ1) is 14.0. The molecule has 13 heavy (non-hydrogen) atoms. The molecule has 0 spiro atoms. The van der Waals surface area contributed by atoms with Crippen molar-refractivity contribution in [3.8, 4) is 0 Å².